The average molecular weight is 373 g/mol. The number of halogens is 3. The summed E-state index contributed by atoms with van der Waals surface area (Å²) in [4.78, 5) is 0. The smallest absolute Gasteiger partial charge is 0.0815 e. The molecule has 0 saturated carbocycles. The van der Waals surface area contributed by atoms with Crippen LogP contribution in [0, 0.1) is 0 Å². The molecule has 0 unspecified atom stereocenters. The molecule has 0 aliphatic rings. The molecule has 0 radical (unpaired) electrons. The number of rotatable bonds is 3. The minimum absolute atomic E-state index is 0.444. The predicted octanol–water partition coefficient (Wildman–Crippen LogP) is 4.86. The predicted molar refractivity (Wildman–Crippen MR) is 89.3 cm³/mol. The second-order valence-corrected chi connectivity index (χ2v) is 6.26. The van der Waals surface area contributed by atoms with Gasteiger partial charge in [0.2, 0.25) is 0 Å². The molecule has 0 bridgehead atoms. The van der Waals surface area contributed by atoms with Crippen molar-refractivity contribution in [1.82, 2.24) is 4.57 Å². The number of benzene rings is 2. The van der Waals surface area contributed by atoms with Crippen LogP contribution < -0.4 is 0 Å². The van der Waals surface area contributed by atoms with E-state index in [1.54, 1.807) is 0 Å². The molecule has 0 saturated heterocycles. The van der Waals surface area contributed by atoms with Crippen LogP contribution in [0.2, 0.25) is 10.0 Å². The summed E-state index contributed by atoms with van der Waals surface area (Å²) in [5.74, 6) is 0. The third-order valence-electron chi connectivity index (χ3n) is 3.36. The summed E-state index contributed by atoms with van der Waals surface area (Å²) < 4.78 is 2.10. The van der Waals surface area contributed by atoms with E-state index in [2.05, 4.69) is 20.5 Å². The van der Waals surface area contributed by atoms with Crippen molar-refractivity contribution in [2.45, 2.75) is 12.6 Å². The van der Waals surface area contributed by atoms with Gasteiger partial charge in [-0.3, -0.25) is 0 Å². The first-order valence-corrected chi connectivity index (χ1v) is 8.09. The summed E-state index contributed by atoms with van der Waals surface area (Å²) in [6.07, 6.45) is -0.444. The number of hydrogen-bond donors (Lipinski definition) is 1. The highest BCUT2D eigenvalue weighted by Crippen LogP contribution is 2.33. The lowest BCUT2D eigenvalue weighted by Gasteiger charge is -2.11. The zero-order chi connectivity index (χ0) is 14.3. The lowest BCUT2D eigenvalue weighted by Crippen LogP contribution is -2.16. The molecule has 3 aromatic rings. The largest absolute Gasteiger partial charge is 0.390 e. The molecule has 0 spiro atoms. The Balaban J connectivity index is 2.34. The summed E-state index contributed by atoms with van der Waals surface area (Å²) in [5.41, 5.74) is 2.10. The highest BCUT2D eigenvalue weighted by molar-refractivity contribution is 9.09. The normalized spacial score (nSPS) is 13.2. The maximum absolute atomic E-state index is 9.94. The van der Waals surface area contributed by atoms with Crippen molar-refractivity contribution in [3.63, 3.8) is 0 Å². The summed E-state index contributed by atoms with van der Waals surface area (Å²) in [7, 11) is 0. The van der Waals surface area contributed by atoms with Crippen LogP contribution in [0.15, 0.2) is 36.4 Å². The number of aliphatic hydroxyl groups excluding tert-OH is 1. The molecule has 1 heterocycles. The van der Waals surface area contributed by atoms with E-state index in [-0.39, 0.29) is 0 Å². The van der Waals surface area contributed by atoms with Gasteiger partial charge in [0, 0.05) is 43.7 Å². The van der Waals surface area contributed by atoms with Crippen molar-refractivity contribution >= 4 is 60.9 Å². The molecule has 104 valence electrons. The molecule has 0 aliphatic heterocycles. The van der Waals surface area contributed by atoms with Gasteiger partial charge in [0.1, 0.15) is 0 Å². The van der Waals surface area contributed by atoms with Crippen molar-refractivity contribution < 1.29 is 5.11 Å². The number of hydrogen-bond acceptors (Lipinski definition) is 1. The van der Waals surface area contributed by atoms with E-state index in [0.717, 1.165) is 21.8 Å². The van der Waals surface area contributed by atoms with E-state index in [4.69, 9.17) is 23.2 Å². The topological polar surface area (TPSA) is 25.2 Å². The molecular formula is C15H12BrCl2NO. The minimum Gasteiger partial charge on any atom is -0.390 e. The molecule has 0 aliphatic carbocycles. The van der Waals surface area contributed by atoms with Crippen LogP contribution in [0.3, 0.4) is 0 Å². The fraction of sp³-hybridized carbons (Fsp3) is 0.200. The lowest BCUT2D eigenvalue weighted by molar-refractivity contribution is 0.182. The van der Waals surface area contributed by atoms with Gasteiger partial charge < -0.3 is 9.67 Å². The molecule has 0 amide bonds. The average Bonchev–Trinajstić information content (AvgIpc) is 2.72. The molecule has 5 heteroatoms. The van der Waals surface area contributed by atoms with Crippen LogP contribution in [0.25, 0.3) is 21.8 Å². The van der Waals surface area contributed by atoms with Gasteiger partial charge in [0.05, 0.1) is 6.10 Å². The van der Waals surface area contributed by atoms with Gasteiger partial charge in [-0.2, -0.15) is 0 Å². The van der Waals surface area contributed by atoms with Crippen LogP contribution in [-0.4, -0.2) is 21.1 Å². The van der Waals surface area contributed by atoms with Gasteiger partial charge in [-0.05, 0) is 36.4 Å². The van der Waals surface area contributed by atoms with Crippen molar-refractivity contribution in [2.24, 2.45) is 0 Å². The Labute approximate surface area is 135 Å². The summed E-state index contributed by atoms with van der Waals surface area (Å²) in [6, 6.07) is 11.6. The Morgan fingerprint density at radius 1 is 1.00 bits per heavy atom. The van der Waals surface area contributed by atoms with Crippen LogP contribution in [0.1, 0.15) is 0 Å². The van der Waals surface area contributed by atoms with E-state index in [0.29, 0.717) is 21.9 Å². The van der Waals surface area contributed by atoms with Crippen molar-refractivity contribution in [2.75, 3.05) is 5.33 Å². The van der Waals surface area contributed by atoms with Crippen molar-refractivity contribution in [1.29, 1.82) is 0 Å². The number of alkyl halides is 1. The monoisotopic (exact) mass is 371 g/mol. The van der Waals surface area contributed by atoms with Gasteiger partial charge in [-0.1, -0.05) is 39.1 Å². The maximum atomic E-state index is 9.94. The Morgan fingerprint density at radius 2 is 1.50 bits per heavy atom. The highest BCUT2D eigenvalue weighted by Gasteiger charge is 2.13. The molecule has 0 fully saturated rings. The first-order valence-electron chi connectivity index (χ1n) is 6.21. The molecule has 1 aromatic heterocycles. The van der Waals surface area contributed by atoms with Crippen LogP contribution in [0.4, 0.5) is 0 Å². The Morgan fingerprint density at radius 3 is 1.95 bits per heavy atom. The Bertz CT molecular complexity index is 725. The van der Waals surface area contributed by atoms with Gasteiger partial charge >= 0.3 is 0 Å². The second kappa shape index (κ2) is 5.57. The van der Waals surface area contributed by atoms with Gasteiger partial charge in [0.25, 0.3) is 0 Å². The van der Waals surface area contributed by atoms with Crippen LogP contribution in [0.5, 0.6) is 0 Å². The minimum atomic E-state index is -0.444. The number of fused-ring (bicyclic) bond motifs is 3. The number of aromatic nitrogens is 1. The van der Waals surface area contributed by atoms with E-state index in [9.17, 15) is 5.11 Å². The standard InChI is InChI=1S/C15H12BrCl2NO/c16-7-11(20)8-19-14-3-1-9(17)5-12(14)13-6-10(18)2-4-15(13)19/h1-6,11,20H,7-8H2/t11-/m0/s1. The third kappa shape index (κ3) is 2.44. The quantitative estimate of drug-likeness (QED) is 0.652. The molecule has 1 N–H and O–H groups in total. The maximum Gasteiger partial charge on any atom is 0.0815 e. The van der Waals surface area contributed by atoms with E-state index in [1.807, 2.05) is 36.4 Å². The fourth-order valence-electron chi connectivity index (χ4n) is 2.50. The highest BCUT2D eigenvalue weighted by atomic mass is 79.9. The number of aliphatic hydroxyl groups is 1. The first-order chi connectivity index (χ1) is 9.60. The molecular weight excluding hydrogens is 361 g/mol. The van der Waals surface area contributed by atoms with Crippen LogP contribution in [-0.2, 0) is 6.54 Å². The summed E-state index contributed by atoms with van der Waals surface area (Å²) in [5, 5.41) is 14.0. The fourth-order valence-corrected chi connectivity index (χ4v) is 3.05. The molecule has 2 aromatic carbocycles. The van der Waals surface area contributed by atoms with Gasteiger partial charge in [-0.15, -0.1) is 0 Å². The number of nitrogens with zero attached hydrogens (tertiary/aromatic N) is 1. The van der Waals surface area contributed by atoms with Crippen molar-refractivity contribution in [3.8, 4) is 0 Å². The Hall–Kier alpha value is -0.740. The summed E-state index contributed by atoms with van der Waals surface area (Å²) in [6.45, 7) is 0.522. The summed E-state index contributed by atoms with van der Waals surface area (Å²) >= 11 is 15.5. The van der Waals surface area contributed by atoms with Gasteiger partial charge in [0.15, 0.2) is 0 Å². The lowest BCUT2D eigenvalue weighted by atomic mass is 10.1. The Kier molecular flexibility index (Phi) is 3.95. The zero-order valence-electron chi connectivity index (χ0n) is 10.5. The molecule has 2 nitrogen and oxygen atoms in total. The molecule has 20 heavy (non-hydrogen) atoms. The molecule has 3 rings (SSSR count). The van der Waals surface area contributed by atoms with E-state index in [1.165, 1.54) is 0 Å². The zero-order valence-corrected chi connectivity index (χ0v) is 13.6. The van der Waals surface area contributed by atoms with Crippen LogP contribution >= 0.6 is 39.1 Å². The molecule has 1 atom stereocenters. The first kappa shape index (κ1) is 14.2. The van der Waals surface area contributed by atoms with Crippen molar-refractivity contribution in [3.05, 3.63) is 46.4 Å². The SMILES string of the molecule is O[C@@H](CBr)Cn1c2ccc(Cl)cc2c2cc(Cl)ccc21. The third-order valence-corrected chi connectivity index (χ3v) is 4.58. The van der Waals surface area contributed by atoms with Gasteiger partial charge in [-0.25, -0.2) is 0 Å². The van der Waals surface area contributed by atoms with E-state index < -0.39 is 6.10 Å². The van der Waals surface area contributed by atoms with E-state index >= 15 is 0 Å². The second-order valence-electron chi connectivity index (χ2n) is 4.74.